The summed E-state index contributed by atoms with van der Waals surface area (Å²) in [5.41, 5.74) is 6.71. The Labute approximate surface area is 192 Å². The number of hydrogen-bond donors (Lipinski definition) is 3. The van der Waals surface area contributed by atoms with Crippen LogP contribution in [0, 0.1) is 12.7 Å². The van der Waals surface area contributed by atoms with Gasteiger partial charge >= 0.3 is 0 Å². The summed E-state index contributed by atoms with van der Waals surface area (Å²) in [5.74, 6) is -0.548. The lowest BCUT2D eigenvalue weighted by atomic mass is 10.2. The maximum absolute atomic E-state index is 13.7. The van der Waals surface area contributed by atoms with E-state index in [2.05, 4.69) is 20.6 Å². The molecule has 0 bridgehead atoms. The topological polar surface area (TPSA) is 102 Å². The van der Waals surface area contributed by atoms with E-state index in [-0.39, 0.29) is 41.8 Å². The summed E-state index contributed by atoms with van der Waals surface area (Å²) in [4.78, 5) is 22.2. The third-order valence-electron chi connectivity index (χ3n) is 4.92. The number of alkyl halides is 2. The van der Waals surface area contributed by atoms with Crippen molar-refractivity contribution in [2.75, 3.05) is 18.7 Å². The summed E-state index contributed by atoms with van der Waals surface area (Å²) in [6.07, 6.45) is 0.725. The van der Waals surface area contributed by atoms with Crippen molar-refractivity contribution in [3.63, 3.8) is 0 Å². The van der Waals surface area contributed by atoms with Gasteiger partial charge in [-0.05, 0) is 31.0 Å². The first-order valence-electron chi connectivity index (χ1n) is 9.57. The zero-order chi connectivity index (χ0) is 22.1. The first kappa shape index (κ1) is 24.0. The Kier molecular flexibility index (Phi) is 7.42. The molecule has 2 atom stereocenters. The van der Waals surface area contributed by atoms with Crippen molar-refractivity contribution >= 4 is 51.4 Å². The lowest BCUT2D eigenvalue weighted by Gasteiger charge is -2.17. The van der Waals surface area contributed by atoms with Gasteiger partial charge in [-0.15, -0.1) is 23.7 Å². The van der Waals surface area contributed by atoms with Gasteiger partial charge in [0.25, 0.3) is 5.91 Å². The Morgan fingerprint density at radius 1 is 1.34 bits per heavy atom. The number of carbonyl (C=O) groups is 1. The molecule has 12 heteroatoms. The van der Waals surface area contributed by atoms with E-state index in [0.29, 0.717) is 26.5 Å². The van der Waals surface area contributed by atoms with Crippen LogP contribution in [0.15, 0.2) is 24.5 Å². The van der Waals surface area contributed by atoms with Crippen molar-refractivity contribution in [2.45, 2.75) is 31.5 Å². The van der Waals surface area contributed by atoms with Gasteiger partial charge in [0.1, 0.15) is 41.9 Å². The Hall–Kier alpha value is -2.63. The number of benzene rings is 1. The lowest BCUT2D eigenvalue weighted by Crippen LogP contribution is -2.29. The number of nitrogens with two attached hydrogens (primary N) is 1. The number of ether oxygens (including phenoxy) is 1. The van der Waals surface area contributed by atoms with Crippen LogP contribution in [0.1, 0.15) is 21.7 Å². The van der Waals surface area contributed by atoms with Crippen molar-refractivity contribution in [3.05, 3.63) is 40.8 Å². The first-order valence-corrected chi connectivity index (χ1v) is 10.4. The fraction of sp³-hybridized carbons (Fsp3) is 0.350. The van der Waals surface area contributed by atoms with Crippen LogP contribution in [0.2, 0.25) is 0 Å². The average molecular weight is 488 g/mol. The fourth-order valence-electron chi connectivity index (χ4n) is 3.11. The highest BCUT2D eigenvalue weighted by Crippen LogP contribution is 2.37. The Morgan fingerprint density at radius 2 is 2.06 bits per heavy atom. The summed E-state index contributed by atoms with van der Waals surface area (Å²) >= 11 is 1.22. The van der Waals surface area contributed by atoms with Crippen LogP contribution in [0.5, 0.6) is 5.75 Å². The summed E-state index contributed by atoms with van der Waals surface area (Å²) in [5, 5.41) is 6.51. The number of aryl methyl sites for hydroxylation is 1. The maximum Gasteiger partial charge on any atom is 0.261 e. The zero-order valence-corrected chi connectivity index (χ0v) is 18.5. The van der Waals surface area contributed by atoms with Crippen molar-refractivity contribution in [2.24, 2.45) is 5.73 Å². The molecule has 1 amide bonds. The molecular formula is C20H21ClF3N5O2S. The second kappa shape index (κ2) is 9.88. The molecule has 1 fully saturated rings. The summed E-state index contributed by atoms with van der Waals surface area (Å²) in [6, 6.07) is 3.56. The number of carbonyl (C=O) groups excluding carboxylic acids is 1. The minimum Gasteiger partial charge on any atom is -0.483 e. The van der Waals surface area contributed by atoms with Crippen molar-refractivity contribution in [1.82, 2.24) is 15.3 Å². The van der Waals surface area contributed by atoms with E-state index in [4.69, 9.17) is 10.5 Å². The van der Waals surface area contributed by atoms with Gasteiger partial charge in [-0.3, -0.25) is 4.79 Å². The highest BCUT2D eigenvalue weighted by Gasteiger charge is 2.35. The van der Waals surface area contributed by atoms with Gasteiger partial charge in [0, 0.05) is 18.2 Å². The van der Waals surface area contributed by atoms with E-state index in [1.54, 1.807) is 6.92 Å². The predicted molar refractivity (Wildman–Crippen MR) is 119 cm³/mol. The Morgan fingerprint density at radius 3 is 2.72 bits per heavy atom. The van der Waals surface area contributed by atoms with Gasteiger partial charge < -0.3 is 21.1 Å². The van der Waals surface area contributed by atoms with E-state index in [1.807, 2.05) is 0 Å². The molecule has 0 unspecified atom stereocenters. The van der Waals surface area contributed by atoms with Crippen LogP contribution >= 0.6 is 23.7 Å². The van der Waals surface area contributed by atoms with Crippen LogP contribution in [0.3, 0.4) is 0 Å². The smallest absolute Gasteiger partial charge is 0.261 e. The molecule has 2 aromatic heterocycles. The Balaban J connectivity index is 0.00000289. The number of rotatable bonds is 8. The molecule has 0 radical (unpaired) electrons. The second-order valence-corrected chi connectivity index (χ2v) is 8.25. The Bertz CT molecular complexity index is 1130. The third kappa shape index (κ3) is 4.89. The molecule has 172 valence electrons. The third-order valence-corrected chi connectivity index (χ3v) is 6.12. The number of nitrogens with zero attached hydrogens (tertiary/aromatic N) is 2. The average Bonchev–Trinajstić information content (AvgIpc) is 3.33. The minimum atomic E-state index is -1.35. The van der Waals surface area contributed by atoms with Crippen LogP contribution in [-0.2, 0) is 0 Å². The molecule has 7 nitrogen and oxygen atoms in total. The first-order chi connectivity index (χ1) is 14.9. The lowest BCUT2D eigenvalue weighted by molar-refractivity contribution is 0.0954. The van der Waals surface area contributed by atoms with Gasteiger partial charge in [-0.2, -0.15) is 0 Å². The zero-order valence-electron chi connectivity index (χ0n) is 16.9. The number of halogens is 4. The molecule has 1 aliphatic rings. The van der Waals surface area contributed by atoms with E-state index in [9.17, 15) is 18.0 Å². The molecule has 4 rings (SSSR count). The SMILES string of the molecule is Cc1c(C(=O)N[C@@H]2C[C@H]2N)sc2ncnc(Nc3ccc(F)cc3OC(CF)CF)c12.Cl. The molecule has 0 spiro atoms. The van der Waals surface area contributed by atoms with Crippen LogP contribution in [0.4, 0.5) is 24.7 Å². The molecule has 2 heterocycles. The summed E-state index contributed by atoms with van der Waals surface area (Å²) in [6.45, 7) is -0.340. The second-order valence-electron chi connectivity index (χ2n) is 7.25. The molecule has 4 N–H and O–H groups in total. The maximum atomic E-state index is 13.7. The largest absolute Gasteiger partial charge is 0.483 e. The van der Waals surface area contributed by atoms with E-state index in [0.717, 1.165) is 12.5 Å². The fourth-order valence-corrected chi connectivity index (χ4v) is 4.16. The number of hydrogen-bond acceptors (Lipinski definition) is 7. The predicted octanol–water partition coefficient (Wildman–Crippen LogP) is 3.82. The van der Waals surface area contributed by atoms with Gasteiger partial charge in [-0.25, -0.2) is 23.1 Å². The summed E-state index contributed by atoms with van der Waals surface area (Å²) < 4.78 is 44.8. The normalized spacial score (nSPS) is 17.2. The van der Waals surface area contributed by atoms with Crippen LogP contribution in [0.25, 0.3) is 10.2 Å². The molecule has 0 aliphatic heterocycles. The van der Waals surface area contributed by atoms with Gasteiger partial charge in [0.15, 0.2) is 6.10 Å². The highest BCUT2D eigenvalue weighted by molar-refractivity contribution is 7.20. The molecule has 0 saturated heterocycles. The summed E-state index contributed by atoms with van der Waals surface area (Å²) in [7, 11) is 0. The number of amides is 1. The van der Waals surface area contributed by atoms with Crippen molar-refractivity contribution in [1.29, 1.82) is 0 Å². The standard InChI is InChI=1S/C20H20F3N5O2S.ClH/c1-9-16-18(27-13-3-2-10(23)4-15(13)30-11(6-21)7-22)25-8-26-20(16)31-17(9)19(29)28-14-5-12(14)24;/h2-4,8,11-12,14H,5-7,24H2,1H3,(H,28,29)(H,25,26,27);1H/t12-,14-;/m1./s1. The van der Waals surface area contributed by atoms with Crippen molar-refractivity contribution in [3.8, 4) is 5.75 Å². The number of fused-ring (bicyclic) bond motifs is 1. The molecule has 3 aromatic rings. The van der Waals surface area contributed by atoms with E-state index in [1.165, 1.54) is 29.8 Å². The van der Waals surface area contributed by atoms with E-state index >= 15 is 0 Å². The monoisotopic (exact) mass is 487 g/mol. The van der Waals surface area contributed by atoms with Gasteiger partial charge in [-0.1, -0.05) is 0 Å². The van der Waals surface area contributed by atoms with Crippen LogP contribution < -0.4 is 21.1 Å². The quantitative estimate of drug-likeness (QED) is 0.446. The molecular weight excluding hydrogens is 467 g/mol. The molecule has 1 aliphatic carbocycles. The van der Waals surface area contributed by atoms with Crippen LogP contribution in [-0.4, -0.2) is 47.4 Å². The van der Waals surface area contributed by atoms with Gasteiger partial charge in [0.2, 0.25) is 0 Å². The number of thiophene rings is 1. The molecule has 1 aromatic carbocycles. The van der Waals surface area contributed by atoms with Gasteiger partial charge in [0.05, 0.1) is 16.0 Å². The molecule has 32 heavy (non-hydrogen) atoms. The highest BCUT2D eigenvalue weighted by atomic mass is 35.5. The number of nitrogens with one attached hydrogen (secondary N) is 2. The molecule has 1 saturated carbocycles. The number of aromatic nitrogens is 2. The van der Waals surface area contributed by atoms with E-state index < -0.39 is 25.3 Å². The number of anilines is 2. The van der Waals surface area contributed by atoms with Crippen molar-refractivity contribution < 1.29 is 22.7 Å². The minimum absolute atomic E-state index is 0.